The molecule has 1 unspecified atom stereocenters. The Morgan fingerprint density at radius 2 is 1.07 bits per heavy atom. The van der Waals surface area contributed by atoms with Crippen LogP contribution in [0.15, 0.2) is 78.2 Å². The van der Waals surface area contributed by atoms with Crippen molar-refractivity contribution in [3.8, 4) is 0 Å². The third-order valence-electron chi connectivity index (χ3n) is 15.8. The van der Waals surface area contributed by atoms with Gasteiger partial charge in [0.2, 0.25) is 11.1 Å². The van der Waals surface area contributed by atoms with Crippen LogP contribution in [0.25, 0.3) is 22.1 Å². The van der Waals surface area contributed by atoms with Crippen molar-refractivity contribution in [2.24, 2.45) is 23.7 Å². The van der Waals surface area contributed by atoms with Gasteiger partial charge in [0.05, 0.1) is 10.8 Å². The van der Waals surface area contributed by atoms with E-state index in [-0.39, 0.29) is 22.9 Å². The number of amides is 2. The Hall–Kier alpha value is -6.03. The Balaban J connectivity index is 0.000000132. The summed E-state index contributed by atoms with van der Waals surface area (Å²) >= 11 is 0. The van der Waals surface area contributed by atoms with Crippen molar-refractivity contribution in [3.63, 3.8) is 0 Å². The Kier molecular flexibility index (Phi) is 12.4. The van der Waals surface area contributed by atoms with Gasteiger partial charge in [0, 0.05) is 118 Å². The van der Waals surface area contributed by atoms with Crippen molar-refractivity contribution in [2.75, 3.05) is 81.5 Å². The van der Waals surface area contributed by atoms with E-state index in [1.807, 2.05) is 30.5 Å². The first-order valence-electron chi connectivity index (χ1n) is 24.9. The Morgan fingerprint density at radius 3 is 1.48 bits per heavy atom. The van der Waals surface area contributed by atoms with Crippen LogP contribution in [-0.2, 0) is 21.9 Å². The molecule has 1 atom stereocenters. The van der Waals surface area contributed by atoms with Gasteiger partial charge in [-0.25, -0.2) is 15.0 Å². The smallest absolute Gasteiger partial charge is 0.270 e. The van der Waals surface area contributed by atoms with Crippen molar-refractivity contribution in [3.05, 3.63) is 84.4 Å². The Bertz CT molecular complexity index is 2860. The summed E-state index contributed by atoms with van der Waals surface area (Å²) in [5, 5.41) is 5.45. The molecule has 3 N–H and O–H groups in total. The molecule has 2 aliphatic heterocycles. The molecule has 6 aromatic rings. The maximum atomic E-state index is 12.9. The van der Waals surface area contributed by atoms with E-state index in [0.29, 0.717) is 16.8 Å². The van der Waals surface area contributed by atoms with Crippen LogP contribution in [0.5, 0.6) is 0 Å². The molecule has 15 nitrogen and oxygen atoms in total. The molecule has 14 rings (SSSR count). The Labute approximate surface area is 408 Å². The second kappa shape index (κ2) is 18.4. The van der Waals surface area contributed by atoms with Gasteiger partial charge in [-0.05, 0) is 149 Å². The molecule has 6 aliphatic carbocycles. The molecule has 2 saturated heterocycles. The van der Waals surface area contributed by atoms with Crippen LogP contribution in [0.2, 0.25) is 0 Å². The molecule has 364 valence electrons. The molecule has 6 heterocycles. The van der Waals surface area contributed by atoms with Crippen LogP contribution in [0, 0.1) is 23.7 Å². The van der Waals surface area contributed by atoms with E-state index in [1.165, 1.54) is 50.1 Å². The van der Waals surface area contributed by atoms with Crippen molar-refractivity contribution >= 4 is 73.4 Å². The molecule has 8 aliphatic rings. The van der Waals surface area contributed by atoms with Crippen molar-refractivity contribution in [1.82, 2.24) is 38.9 Å². The quantitative estimate of drug-likeness (QED) is 0.106. The van der Waals surface area contributed by atoms with Crippen LogP contribution in [0.4, 0.5) is 28.7 Å². The fourth-order valence-electron chi connectivity index (χ4n) is 11.4. The molecule has 6 saturated carbocycles. The maximum Gasteiger partial charge on any atom is 0.270 e. The second-order valence-corrected chi connectivity index (χ2v) is 22.8. The van der Waals surface area contributed by atoms with Gasteiger partial charge in [0.25, 0.3) is 11.8 Å². The first kappa shape index (κ1) is 46.7. The molecule has 0 radical (unpaired) electrons. The van der Waals surface area contributed by atoms with Gasteiger partial charge < -0.3 is 39.8 Å². The van der Waals surface area contributed by atoms with Crippen LogP contribution >= 0.6 is 0 Å². The molecule has 8 fully saturated rings. The molecule has 69 heavy (non-hydrogen) atoms. The second-order valence-electron chi connectivity index (χ2n) is 21.5. The standard InChI is InChI=1S/C26H32N6O.C15H18N4O2S.C12H18N2/c1-17-8-10-31(11-9-17)21-6-4-20(5-7-21)28-25-27-16-19-12-22(24(33)30(2)3)32(23(19)29-25)26-13-18(14-26)15-26;1-18(2)13(20)11-4-10-8-16-14(22(3)21)17-12(10)19(11)15-5-9(6-15)7-15;1-10-6-8-14(9-7-10)12-4-2-11(13)3-5-12/h4-7,12,16-18H,8-11,13-15H2,1-3H3,(H,27,28,29);4,8-9H,5-7H2,1-3H3;2-5,10H,6-9,13H2,1H3. The number of piperidine rings is 2. The number of aromatic nitrogens is 6. The summed E-state index contributed by atoms with van der Waals surface area (Å²) in [5.74, 6) is 3.88. The summed E-state index contributed by atoms with van der Waals surface area (Å²) in [6.45, 7) is 9.30. The number of carbonyl (C=O) groups excluding carboxylic acids is 2. The fourth-order valence-corrected chi connectivity index (χ4v) is 11.8. The highest BCUT2D eigenvalue weighted by Crippen LogP contribution is 2.64. The number of nitrogens with two attached hydrogens (primary N) is 1. The van der Waals surface area contributed by atoms with Crippen molar-refractivity contribution in [1.29, 1.82) is 0 Å². The van der Waals surface area contributed by atoms with E-state index >= 15 is 0 Å². The first-order chi connectivity index (χ1) is 33.1. The lowest BCUT2D eigenvalue weighted by molar-refractivity contribution is -0.0871. The minimum Gasteiger partial charge on any atom is -0.399 e. The van der Waals surface area contributed by atoms with Gasteiger partial charge in [-0.2, -0.15) is 4.98 Å². The topological polar surface area (TPSA) is 164 Å². The van der Waals surface area contributed by atoms with Gasteiger partial charge in [0.15, 0.2) is 0 Å². The van der Waals surface area contributed by atoms with Gasteiger partial charge >= 0.3 is 0 Å². The van der Waals surface area contributed by atoms with Crippen LogP contribution in [0.1, 0.15) is 99.0 Å². The van der Waals surface area contributed by atoms with E-state index in [2.05, 4.69) is 89.4 Å². The van der Waals surface area contributed by atoms with E-state index in [0.717, 1.165) is 114 Å². The number of hydrogen-bond acceptors (Lipinski definition) is 11. The highest BCUT2D eigenvalue weighted by atomic mass is 32.2. The number of hydrogen-bond donors (Lipinski definition) is 2. The number of nitrogens with zero attached hydrogens (tertiary/aromatic N) is 10. The molecular formula is C53H68N12O3S. The lowest BCUT2D eigenvalue weighted by Crippen LogP contribution is -2.60. The molecule has 4 aromatic heterocycles. The van der Waals surface area contributed by atoms with Gasteiger partial charge in [0.1, 0.15) is 22.7 Å². The fraction of sp³-hybridized carbons (Fsp3) is 0.509. The first-order valence-corrected chi connectivity index (χ1v) is 26.4. The number of benzene rings is 2. The van der Waals surface area contributed by atoms with Gasteiger partial charge in [-0.15, -0.1) is 0 Å². The summed E-state index contributed by atoms with van der Waals surface area (Å²) < 4.78 is 16.0. The molecule has 4 bridgehead atoms. The van der Waals surface area contributed by atoms with Crippen LogP contribution in [0.3, 0.4) is 0 Å². The van der Waals surface area contributed by atoms with Crippen LogP contribution < -0.4 is 20.9 Å². The molecular weight excluding hydrogens is 885 g/mol. The summed E-state index contributed by atoms with van der Waals surface area (Å²) in [6.07, 6.45) is 17.0. The zero-order valence-corrected chi connectivity index (χ0v) is 42.1. The van der Waals surface area contributed by atoms with E-state index in [9.17, 15) is 13.8 Å². The van der Waals surface area contributed by atoms with Crippen LogP contribution in [-0.4, -0.2) is 116 Å². The normalized spacial score (nSPS) is 24.0. The van der Waals surface area contributed by atoms with Gasteiger partial charge in [-0.3, -0.25) is 13.8 Å². The van der Waals surface area contributed by atoms with Crippen molar-refractivity contribution < 1.29 is 13.8 Å². The maximum absolute atomic E-state index is 12.9. The molecule has 0 spiro atoms. The predicted octanol–water partition coefficient (Wildman–Crippen LogP) is 8.51. The van der Waals surface area contributed by atoms with E-state index in [1.54, 1.807) is 50.4 Å². The minimum absolute atomic E-state index is 0.0231. The number of fused-ring (bicyclic) bond motifs is 2. The van der Waals surface area contributed by atoms with E-state index < -0.39 is 10.8 Å². The number of nitrogen functional groups attached to an aromatic ring is 1. The minimum atomic E-state index is -1.23. The average Bonchev–Trinajstić information content (AvgIpc) is 3.83. The average molecular weight is 953 g/mol. The molecule has 2 aromatic carbocycles. The molecule has 16 heteroatoms. The van der Waals surface area contributed by atoms with Gasteiger partial charge in [-0.1, -0.05) is 13.8 Å². The summed E-state index contributed by atoms with van der Waals surface area (Å²) in [6, 6.07) is 20.6. The Morgan fingerprint density at radius 1 is 0.652 bits per heavy atom. The predicted molar refractivity (Wildman–Crippen MR) is 276 cm³/mol. The van der Waals surface area contributed by atoms with E-state index in [4.69, 9.17) is 10.7 Å². The summed E-state index contributed by atoms with van der Waals surface area (Å²) in [7, 11) is 5.89. The number of rotatable bonds is 9. The highest BCUT2D eigenvalue weighted by Gasteiger charge is 2.60. The highest BCUT2D eigenvalue weighted by molar-refractivity contribution is 7.84. The zero-order valence-electron chi connectivity index (χ0n) is 41.3. The lowest BCUT2D eigenvalue weighted by Gasteiger charge is -2.62. The molecule has 2 amide bonds. The van der Waals surface area contributed by atoms with Crippen molar-refractivity contribution in [2.45, 2.75) is 94.3 Å². The largest absolute Gasteiger partial charge is 0.399 e. The SMILES string of the molecule is CC1CCN(c2ccc(N)cc2)CC1.CC1CCN(c2ccc(Nc3ncc4cc(C(=O)N(C)C)n(C56CC(C5)C6)c4n3)cc2)CC1.CN(C)C(=O)c1cc2cnc(S(C)=O)nc2n1C12CC(C1)C2. The number of anilines is 5. The monoisotopic (exact) mass is 953 g/mol. The zero-order chi connectivity index (χ0) is 48.4. The third-order valence-corrected chi connectivity index (χ3v) is 16.6. The summed E-state index contributed by atoms with van der Waals surface area (Å²) in [4.78, 5) is 51.7. The summed E-state index contributed by atoms with van der Waals surface area (Å²) in [5.41, 5.74) is 13.1. The lowest BCUT2D eigenvalue weighted by atomic mass is 9.49. The third kappa shape index (κ3) is 8.93. The number of carbonyl (C=O) groups is 2. The number of nitrogens with one attached hydrogen (secondary N) is 1.